The quantitative estimate of drug-likeness (QED) is 0.842. The van der Waals surface area contributed by atoms with E-state index < -0.39 is 0 Å². The smallest absolute Gasteiger partial charge is 0.0110 e. The highest BCUT2D eigenvalue weighted by molar-refractivity contribution is 7.07. The Hall–Kier alpha value is -0.340. The second-order valence-electron chi connectivity index (χ2n) is 7.94. The summed E-state index contributed by atoms with van der Waals surface area (Å²) < 4.78 is 0. The Morgan fingerprint density at radius 3 is 2.35 bits per heavy atom. The number of rotatable bonds is 5. The lowest BCUT2D eigenvalue weighted by Gasteiger charge is -2.57. The van der Waals surface area contributed by atoms with E-state index in [1.807, 2.05) is 11.3 Å². The first kappa shape index (κ1) is 13.3. The summed E-state index contributed by atoms with van der Waals surface area (Å²) >= 11 is 1.83. The third-order valence-electron chi connectivity index (χ3n) is 6.31. The van der Waals surface area contributed by atoms with E-state index >= 15 is 0 Å². The van der Waals surface area contributed by atoms with Crippen LogP contribution in [0.1, 0.15) is 50.5 Å². The zero-order valence-corrected chi connectivity index (χ0v) is 13.4. The van der Waals surface area contributed by atoms with Crippen molar-refractivity contribution in [2.75, 3.05) is 7.05 Å². The maximum Gasteiger partial charge on any atom is 0.0110 e. The molecule has 1 aromatic rings. The molecule has 0 spiro atoms. The third kappa shape index (κ3) is 2.46. The first-order valence-electron chi connectivity index (χ1n) is 8.43. The molecule has 1 N–H and O–H groups in total. The molecule has 0 amide bonds. The summed E-state index contributed by atoms with van der Waals surface area (Å²) in [7, 11) is 2.16. The molecule has 4 aliphatic rings. The third-order valence-corrected chi connectivity index (χ3v) is 7.05. The molecule has 4 aliphatic carbocycles. The molecule has 4 bridgehead atoms. The number of hydrogen-bond acceptors (Lipinski definition) is 2. The number of thiophene rings is 1. The van der Waals surface area contributed by atoms with Gasteiger partial charge in [-0.3, -0.25) is 0 Å². The van der Waals surface area contributed by atoms with Crippen LogP contribution in [0.2, 0.25) is 0 Å². The monoisotopic (exact) mass is 289 g/mol. The van der Waals surface area contributed by atoms with Gasteiger partial charge in [-0.05, 0) is 104 Å². The lowest BCUT2D eigenvalue weighted by atomic mass is 9.48. The Morgan fingerprint density at radius 1 is 1.20 bits per heavy atom. The molecule has 0 radical (unpaired) electrons. The van der Waals surface area contributed by atoms with Gasteiger partial charge >= 0.3 is 0 Å². The van der Waals surface area contributed by atoms with Crippen LogP contribution in [0.25, 0.3) is 0 Å². The summed E-state index contributed by atoms with van der Waals surface area (Å²) in [6.45, 7) is 0. The average Bonchev–Trinajstić information content (AvgIpc) is 2.89. The molecule has 0 aliphatic heterocycles. The van der Waals surface area contributed by atoms with Gasteiger partial charge in [0, 0.05) is 6.04 Å². The largest absolute Gasteiger partial charge is 0.317 e. The molecule has 1 heterocycles. The fraction of sp³-hybridized carbons (Fsp3) is 0.778. The zero-order valence-electron chi connectivity index (χ0n) is 12.6. The van der Waals surface area contributed by atoms with Crippen LogP contribution in [-0.4, -0.2) is 13.1 Å². The van der Waals surface area contributed by atoms with Gasteiger partial charge in [0.1, 0.15) is 0 Å². The van der Waals surface area contributed by atoms with Gasteiger partial charge in [0.2, 0.25) is 0 Å². The van der Waals surface area contributed by atoms with Gasteiger partial charge in [-0.2, -0.15) is 11.3 Å². The standard InChI is InChI=1S/C18H27NS/c1-19-17(7-13-2-3-20-12-13)11-18-8-14-4-15(9-18)6-16(5-14)10-18/h2-3,12,14-17,19H,4-11H2,1H3. The van der Waals surface area contributed by atoms with Crippen LogP contribution in [0, 0.1) is 23.2 Å². The van der Waals surface area contributed by atoms with Crippen molar-refractivity contribution in [3.8, 4) is 0 Å². The molecule has 1 aromatic heterocycles. The normalized spacial score (nSPS) is 40.1. The second kappa shape index (κ2) is 5.14. The van der Waals surface area contributed by atoms with E-state index in [4.69, 9.17) is 0 Å². The molecule has 0 saturated heterocycles. The van der Waals surface area contributed by atoms with Gasteiger partial charge in [0.15, 0.2) is 0 Å². The van der Waals surface area contributed by atoms with E-state index in [9.17, 15) is 0 Å². The van der Waals surface area contributed by atoms with Crippen LogP contribution >= 0.6 is 11.3 Å². The Balaban J connectivity index is 1.46. The summed E-state index contributed by atoms with van der Waals surface area (Å²) in [6.07, 6.45) is 12.0. The minimum Gasteiger partial charge on any atom is -0.317 e. The van der Waals surface area contributed by atoms with E-state index in [1.54, 1.807) is 38.5 Å². The van der Waals surface area contributed by atoms with Crippen molar-refractivity contribution in [1.29, 1.82) is 0 Å². The molecule has 1 unspecified atom stereocenters. The first-order valence-corrected chi connectivity index (χ1v) is 9.37. The molecule has 2 heteroatoms. The fourth-order valence-electron chi connectivity index (χ4n) is 6.03. The second-order valence-corrected chi connectivity index (χ2v) is 8.72. The number of nitrogens with one attached hydrogen (secondary N) is 1. The van der Waals surface area contributed by atoms with Crippen LogP contribution in [0.15, 0.2) is 16.8 Å². The van der Waals surface area contributed by atoms with Gasteiger partial charge < -0.3 is 5.32 Å². The maximum absolute atomic E-state index is 3.62. The number of hydrogen-bond donors (Lipinski definition) is 1. The molecule has 20 heavy (non-hydrogen) atoms. The molecule has 1 atom stereocenters. The first-order chi connectivity index (χ1) is 9.75. The highest BCUT2D eigenvalue weighted by atomic mass is 32.1. The van der Waals surface area contributed by atoms with Crippen LogP contribution < -0.4 is 5.32 Å². The predicted molar refractivity (Wildman–Crippen MR) is 86.1 cm³/mol. The molecule has 4 fully saturated rings. The van der Waals surface area contributed by atoms with Gasteiger partial charge in [0.25, 0.3) is 0 Å². The Bertz CT molecular complexity index is 415. The number of likely N-dealkylation sites (N-methyl/N-ethyl adjacent to an activating group) is 1. The van der Waals surface area contributed by atoms with E-state index in [2.05, 4.69) is 29.2 Å². The molecule has 110 valence electrons. The van der Waals surface area contributed by atoms with E-state index in [0.29, 0.717) is 11.5 Å². The van der Waals surface area contributed by atoms with E-state index in [1.165, 1.54) is 18.4 Å². The summed E-state index contributed by atoms with van der Waals surface area (Å²) in [5.74, 6) is 3.25. The topological polar surface area (TPSA) is 12.0 Å². The highest BCUT2D eigenvalue weighted by Gasteiger charge is 2.51. The van der Waals surface area contributed by atoms with Gasteiger partial charge in [0.05, 0.1) is 0 Å². The van der Waals surface area contributed by atoms with E-state index in [0.717, 1.165) is 17.8 Å². The maximum atomic E-state index is 3.62. The summed E-state index contributed by atoms with van der Waals surface area (Å²) in [6, 6.07) is 2.98. The SMILES string of the molecule is CNC(Cc1ccsc1)CC12CC3CC(CC(C3)C1)C2. The Kier molecular flexibility index (Phi) is 3.42. The molecular weight excluding hydrogens is 262 g/mol. The Morgan fingerprint density at radius 2 is 1.85 bits per heavy atom. The van der Waals surface area contributed by atoms with Gasteiger partial charge in [-0.25, -0.2) is 0 Å². The minimum absolute atomic E-state index is 0.681. The van der Waals surface area contributed by atoms with Gasteiger partial charge in [-0.1, -0.05) is 0 Å². The zero-order chi connectivity index (χ0) is 13.6. The lowest BCUT2D eigenvalue weighted by Crippen LogP contribution is -2.48. The minimum atomic E-state index is 0.681. The van der Waals surface area contributed by atoms with Gasteiger partial charge in [-0.15, -0.1) is 0 Å². The Labute approximate surface area is 127 Å². The van der Waals surface area contributed by atoms with Crippen molar-refractivity contribution in [2.24, 2.45) is 23.2 Å². The summed E-state index contributed by atoms with van der Waals surface area (Å²) in [4.78, 5) is 0. The average molecular weight is 289 g/mol. The van der Waals surface area contributed by atoms with Crippen LogP contribution in [0.3, 0.4) is 0 Å². The van der Waals surface area contributed by atoms with Crippen LogP contribution in [-0.2, 0) is 6.42 Å². The van der Waals surface area contributed by atoms with Crippen molar-refractivity contribution in [3.05, 3.63) is 22.4 Å². The molecule has 5 rings (SSSR count). The lowest BCUT2D eigenvalue weighted by molar-refractivity contribution is -0.0616. The highest BCUT2D eigenvalue weighted by Crippen LogP contribution is 2.61. The van der Waals surface area contributed by atoms with Crippen LogP contribution in [0.5, 0.6) is 0 Å². The molecule has 4 saturated carbocycles. The summed E-state index contributed by atoms with van der Waals surface area (Å²) in [5, 5.41) is 8.16. The summed E-state index contributed by atoms with van der Waals surface area (Å²) in [5.41, 5.74) is 2.23. The van der Waals surface area contributed by atoms with E-state index in [-0.39, 0.29) is 0 Å². The van der Waals surface area contributed by atoms with Crippen molar-refractivity contribution >= 4 is 11.3 Å². The van der Waals surface area contributed by atoms with Crippen LogP contribution in [0.4, 0.5) is 0 Å². The van der Waals surface area contributed by atoms with Crippen molar-refractivity contribution in [1.82, 2.24) is 5.32 Å². The molecular formula is C18H27NS. The fourth-order valence-corrected chi connectivity index (χ4v) is 6.71. The van der Waals surface area contributed by atoms with Crippen molar-refractivity contribution in [2.45, 2.75) is 57.4 Å². The van der Waals surface area contributed by atoms with Crippen molar-refractivity contribution in [3.63, 3.8) is 0 Å². The molecule has 1 nitrogen and oxygen atoms in total. The molecule has 0 aromatic carbocycles. The van der Waals surface area contributed by atoms with Crippen molar-refractivity contribution < 1.29 is 0 Å². The predicted octanol–water partition coefficient (Wildman–Crippen LogP) is 4.49.